The highest BCUT2D eigenvalue weighted by Gasteiger charge is 2.09. The molecule has 0 aliphatic rings. The zero-order valence-electron chi connectivity index (χ0n) is 7.09. The Hall–Kier alpha value is -0.800. The SMILES string of the molecule is CC(O)Cc1cc(Cl)c(F)cc1O. The lowest BCUT2D eigenvalue weighted by Gasteiger charge is -2.07. The molecule has 1 rings (SSSR count). The Bertz CT molecular complexity index is 313. The molecule has 0 heterocycles. The van der Waals surface area contributed by atoms with Crippen LogP contribution in [0.2, 0.25) is 5.02 Å². The third-order valence-corrected chi connectivity index (χ3v) is 1.93. The zero-order chi connectivity index (χ0) is 10.0. The van der Waals surface area contributed by atoms with E-state index in [9.17, 15) is 9.50 Å². The summed E-state index contributed by atoms with van der Waals surface area (Å²) in [5.74, 6) is -0.837. The van der Waals surface area contributed by atoms with Gasteiger partial charge in [-0.3, -0.25) is 0 Å². The van der Waals surface area contributed by atoms with Crippen LogP contribution in [0.3, 0.4) is 0 Å². The Kier molecular flexibility index (Phi) is 3.12. The van der Waals surface area contributed by atoms with Crippen molar-refractivity contribution in [2.75, 3.05) is 0 Å². The molecule has 0 bridgehead atoms. The first kappa shape index (κ1) is 10.3. The maximum absolute atomic E-state index is 12.7. The third-order valence-electron chi connectivity index (χ3n) is 1.64. The van der Waals surface area contributed by atoms with E-state index in [2.05, 4.69) is 0 Å². The van der Waals surface area contributed by atoms with Gasteiger partial charge in [0.1, 0.15) is 11.6 Å². The Morgan fingerprint density at radius 1 is 1.54 bits per heavy atom. The molecule has 0 aliphatic heterocycles. The van der Waals surface area contributed by atoms with Gasteiger partial charge in [0.15, 0.2) is 0 Å². The molecule has 0 spiro atoms. The van der Waals surface area contributed by atoms with Crippen LogP contribution in [-0.4, -0.2) is 16.3 Å². The fraction of sp³-hybridized carbons (Fsp3) is 0.333. The molecule has 1 unspecified atom stereocenters. The fourth-order valence-electron chi connectivity index (χ4n) is 1.06. The van der Waals surface area contributed by atoms with Gasteiger partial charge in [-0.25, -0.2) is 4.39 Å². The van der Waals surface area contributed by atoms with E-state index in [4.69, 9.17) is 16.7 Å². The van der Waals surface area contributed by atoms with Gasteiger partial charge < -0.3 is 10.2 Å². The Balaban J connectivity index is 3.01. The number of halogens is 2. The molecule has 2 N–H and O–H groups in total. The molecule has 72 valence electrons. The number of benzene rings is 1. The van der Waals surface area contributed by atoms with Gasteiger partial charge in [-0.15, -0.1) is 0 Å². The van der Waals surface area contributed by atoms with E-state index in [-0.39, 0.29) is 17.2 Å². The molecule has 0 fully saturated rings. The van der Waals surface area contributed by atoms with Crippen LogP contribution in [0.15, 0.2) is 12.1 Å². The number of hydrogen-bond acceptors (Lipinski definition) is 2. The van der Waals surface area contributed by atoms with Crippen molar-refractivity contribution in [3.63, 3.8) is 0 Å². The smallest absolute Gasteiger partial charge is 0.145 e. The van der Waals surface area contributed by atoms with E-state index in [0.717, 1.165) is 6.07 Å². The summed E-state index contributed by atoms with van der Waals surface area (Å²) in [6.45, 7) is 1.58. The van der Waals surface area contributed by atoms with Crippen LogP contribution < -0.4 is 0 Å². The highest BCUT2D eigenvalue weighted by atomic mass is 35.5. The molecular weight excluding hydrogens is 195 g/mol. The molecule has 0 aliphatic carbocycles. The van der Waals surface area contributed by atoms with Gasteiger partial charge in [0.25, 0.3) is 0 Å². The maximum Gasteiger partial charge on any atom is 0.145 e. The summed E-state index contributed by atoms with van der Waals surface area (Å²) < 4.78 is 12.7. The summed E-state index contributed by atoms with van der Waals surface area (Å²) in [5.41, 5.74) is 0.446. The van der Waals surface area contributed by atoms with Gasteiger partial charge in [-0.2, -0.15) is 0 Å². The van der Waals surface area contributed by atoms with Crippen LogP contribution in [-0.2, 0) is 6.42 Å². The van der Waals surface area contributed by atoms with Crippen LogP contribution in [0.5, 0.6) is 5.75 Å². The number of rotatable bonds is 2. The summed E-state index contributed by atoms with van der Waals surface area (Å²) in [5, 5.41) is 18.2. The van der Waals surface area contributed by atoms with Gasteiger partial charge in [-0.05, 0) is 18.6 Å². The summed E-state index contributed by atoms with van der Waals surface area (Å²) in [4.78, 5) is 0. The van der Waals surface area contributed by atoms with Crippen LogP contribution in [0.25, 0.3) is 0 Å². The second-order valence-electron chi connectivity index (χ2n) is 2.95. The Labute approximate surface area is 80.6 Å². The first-order valence-electron chi connectivity index (χ1n) is 3.85. The maximum atomic E-state index is 12.7. The normalized spacial score (nSPS) is 12.9. The van der Waals surface area contributed by atoms with Crippen molar-refractivity contribution in [3.8, 4) is 5.75 Å². The molecule has 1 atom stereocenters. The van der Waals surface area contributed by atoms with E-state index >= 15 is 0 Å². The molecule has 1 aromatic rings. The summed E-state index contributed by atoms with van der Waals surface area (Å²) >= 11 is 5.50. The number of hydrogen-bond donors (Lipinski definition) is 2. The molecule has 1 aromatic carbocycles. The van der Waals surface area contributed by atoms with Crippen LogP contribution in [0.1, 0.15) is 12.5 Å². The van der Waals surface area contributed by atoms with Crippen molar-refractivity contribution in [2.45, 2.75) is 19.4 Å². The molecule has 4 heteroatoms. The molecule has 0 saturated heterocycles. The fourth-order valence-corrected chi connectivity index (χ4v) is 1.25. The lowest BCUT2D eigenvalue weighted by atomic mass is 10.1. The first-order valence-corrected chi connectivity index (χ1v) is 4.23. The highest BCUT2D eigenvalue weighted by Crippen LogP contribution is 2.25. The van der Waals surface area contributed by atoms with Crippen LogP contribution in [0, 0.1) is 5.82 Å². The summed E-state index contributed by atoms with van der Waals surface area (Å²) in [6.07, 6.45) is -0.335. The van der Waals surface area contributed by atoms with Gasteiger partial charge >= 0.3 is 0 Å². The Morgan fingerprint density at radius 2 is 2.15 bits per heavy atom. The predicted molar refractivity (Wildman–Crippen MR) is 48.5 cm³/mol. The van der Waals surface area contributed by atoms with Crippen molar-refractivity contribution >= 4 is 11.6 Å². The average molecular weight is 205 g/mol. The van der Waals surface area contributed by atoms with E-state index in [1.54, 1.807) is 6.92 Å². The largest absolute Gasteiger partial charge is 0.508 e. The monoisotopic (exact) mass is 204 g/mol. The minimum Gasteiger partial charge on any atom is -0.508 e. The Morgan fingerprint density at radius 3 is 2.69 bits per heavy atom. The molecule has 0 saturated carbocycles. The van der Waals surface area contributed by atoms with Gasteiger partial charge in [0.05, 0.1) is 11.1 Å². The lowest BCUT2D eigenvalue weighted by molar-refractivity contribution is 0.194. The summed E-state index contributed by atoms with van der Waals surface area (Å²) in [7, 11) is 0. The predicted octanol–water partition coefficient (Wildman–Crippen LogP) is 2.11. The molecule has 13 heavy (non-hydrogen) atoms. The zero-order valence-corrected chi connectivity index (χ0v) is 7.85. The first-order chi connectivity index (χ1) is 6.00. The van der Waals surface area contributed by atoms with Crippen LogP contribution in [0.4, 0.5) is 4.39 Å². The summed E-state index contributed by atoms with van der Waals surface area (Å²) in [6, 6.07) is 2.26. The van der Waals surface area contributed by atoms with Crippen molar-refractivity contribution in [3.05, 3.63) is 28.5 Å². The minimum absolute atomic E-state index is 0.0477. The molecule has 0 aromatic heterocycles. The van der Waals surface area contributed by atoms with Crippen molar-refractivity contribution in [1.82, 2.24) is 0 Å². The standard InChI is InChI=1S/C9H10ClFO2/c1-5(12)2-6-3-7(10)8(11)4-9(6)13/h3-5,12-13H,2H2,1H3. The van der Waals surface area contributed by atoms with Gasteiger partial charge in [-0.1, -0.05) is 11.6 Å². The van der Waals surface area contributed by atoms with Gasteiger partial charge in [0.2, 0.25) is 0 Å². The number of phenolic OH excluding ortho intramolecular Hbond substituents is 1. The van der Waals surface area contributed by atoms with E-state index < -0.39 is 11.9 Å². The number of aromatic hydroxyl groups is 1. The van der Waals surface area contributed by atoms with Crippen molar-refractivity contribution in [2.24, 2.45) is 0 Å². The van der Waals surface area contributed by atoms with E-state index in [0.29, 0.717) is 5.56 Å². The van der Waals surface area contributed by atoms with Gasteiger partial charge in [0, 0.05) is 12.5 Å². The van der Waals surface area contributed by atoms with Crippen LogP contribution >= 0.6 is 11.6 Å². The van der Waals surface area contributed by atoms with E-state index in [1.807, 2.05) is 0 Å². The second kappa shape index (κ2) is 3.94. The minimum atomic E-state index is -0.659. The number of phenols is 1. The van der Waals surface area contributed by atoms with Crippen molar-refractivity contribution < 1.29 is 14.6 Å². The van der Waals surface area contributed by atoms with Crippen molar-refractivity contribution in [1.29, 1.82) is 0 Å². The third kappa shape index (κ3) is 2.57. The molecular formula is C9H10ClFO2. The molecule has 2 nitrogen and oxygen atoms in total. The molecule has 0 amide bonds. The number of aliphatic hydroxyl groups excluding tert-OH is 1. The quantitative estimate of drug-likeness (QED) is 0.775. The highest BCUT2D eigenvalue weighted by molar-refractivity contribution is 6.30. The van der Waals surface area contributed by atoms with E-state index in [1.165, 1.54) is 6.07 Å². The average Bonchev–Trinajstić information content (AvgIpc) is 1.99. The topological polar surface area (TPSA) is 40.5 Å². The second-order valence-corrected chi connectivity index (χ2v) is 3.36. The lowest BCUT2D eigenvalue weighted by Crippen LogP contribution is -2.04. The molecule has 0 radical (unpaired) electrons. The number of aliphatic hydroxyl groups is 1.